The van der Waals surface area contributed by atoms with Crippen LogP contribution in [0.5, 0.6) is 0 Å². The van der Waals surface area contributed by atoms with Gasteiger partial charge in [0.15, 0.2) is 0 Å². The number of hydrogen-bond donors (Lipinski definition) is 2. The molecule has 2 rings (SSSR count). The van der Waals surface area contributed by atoms with E-state index in [-0.39, 0.29) is 0 Å². The highest BCUT2D eigenvalue weighted by molar-refractivity contribution is 7.15. The van der Waals surface area contributed by atoms with E-state index in [0.29, 0.717) is 5.13 Å². The molecule has 0 bridgehead atoms. The van der Waals surface area contributed by atoms with Gasteiger partial charge in [-0.05, 0) is 17.7 Å². The first-order valence-corrected chi connectivity index (χ1v) is 4.98. The fourth-order valence-corrected chi connectivity index (χ4v) is 1.86. The van der Waals surface area contributed by atoms with Gasteiger partial charge in [0, 0.05) is 12.1 Å². The Bertz CT molecular complexity index is 438. The lowest BCUT2D eigenvalue weighted by Gasteiger charge is -1.98. The minimum Gasteiger partial charge on any atom is -0.399 e. The van der Waals surface area contributed by atoms with Crippen LogP contribution in [0.2, 0.25) is 0 Å². The van der Waals surface area contributed by atoms with Crippen molar-refractivity contribution in [3.63, 3.8) is 0 Å². The molecular weight excluding hydrogens is 196 g/mol. The molecule has 1 aromatic carbocycles. The largest absolute Gasteiger partial charge is 0.399 e. The van der Waals surface area contributed by atoms with E-state index in [1.54, 1.807) is 0 Å². The van der Waals surface area contributed by atoms with Gasteiger partial charge in [-0.3, -0.25) is 0 Å². The van der Waals surface area contributed by atoms with Crippen molar-refractivity contribution in [3.05, 3.63) is 34.8 Å². The first kappa shape index (κ1) is 8.96. The second kappa shape index (κ2) is 3.63. The van der Waals surface area contributed by atoms with E-state index in [4.69, 9.17) is 11.5 Å². The normalized spacial score (nSPS) is 10.3. The fraction of sp³-hybridized carbons (Fsp3) is 0.111. The Balaban J connectivity index is 2.18. The van der Waals surface area contributed by atoms with Crippen molar-refractivity contribution >= 4 is 22.2 Å². The van der Waals surface area contributed by atoms with Gasteiger partial charge >= 0.3 is 0 Å². The average Bonchev–Trinajstić information content (AvgIpc) is 2.51. The summed E-state index contributed by atoms with van der Waals surface area (Å²) in [6, 6.07) is 7.72. The smallest absolute Gasteiger partial charge is 0.203 e. The second-order valence-electron chi connectivity index (χ2n) is 2.96. The maximum absolute atomic E-state index is 5.66. The van der Waals surface area contributed by atoms with Crippen molar-refractivity contribution in [1.82, 2.24) is 10.2 Å². The number of nitrogen functional groups attached to an aromatic ring is 2. The number of rotatable bonds is 2. The Morgan fingerprint density at radius 2 is 2.07 bits per heavy atom. The van der Waals surface area contributed by atoms with Crippen LogP contribution in [0.1, 0.15) is 10.6 Å². The fourth-order valence-electron chi connectivity index (χ4n) is 1.22. The van der Waals surface area contributed by atoms with Crippen LogP contribution < -0.4 is 11.5 Å². The maximum Gasteiger partial charge on any atom is 0.203 e. The summed E-state index contributed by atoms with van der Waals surface area (Å²) in [6.07, 6.45) is 0.736. The van der Waals surface area contributed by atoms with E-state index in [1.807, 2.05) is 24.3 Å². The van der Waals surface area contributed by atoms with E-state index in [1.165, 1.54) is 11.3 Å². The molecule has 0 amide bonds. The van der Waals surface area contributed by atoms with Gasteiger partial charge in [-0.25, -0.2) is 0 Å². The summed E-state index contributed by atoms with van der Waals surface area (Å²) in [6.45, 7) is 0. The molecule has 4 nitrogen and oxygen atoms in total. The van der Waals surface area contributed by atoms with E-state index in [0.717, 1.165) is 22.7 Å². The van der Waals surface area contributed by atoms with Crippen molar-refractivity contribution in [2.75, 3.05) is 11.5 Å². The van der Waals surface area contributed by atoms with Gasteiger partial charge in [0.05, 0.1) is 0 Å². The Kier molecular flexibility index (Phi) is 2.32. The SMILES string of the molecule is Nc1cccc(Cc2nnc(N)s2)c1. The van der Waals surface area contributed by atoms with Crippen molar-refractivity contribution in [2.24, 2.45) is 0 Å². The predicted molar refractivity (Wildman–Crippen MR) is 58.0 cm³/mol. The minimum absolute atomic E-state index is 0.504. The highest BCUT2D eigenvalue weighted by atomic mass is 32.1. The molecule has 0 saturated heterocycles. The highest BCUT2D eigenvalue weighted by Crippen LogP contribution is 2.16. The van der Waals surface area contributed by atoms with Crippen LogP contribution in [0.15, 0.2) is 24.3 Å². The molecule has 0 fully saturated rings. The monoisotopic (exact) mass is 206 g/mol. The summed E-state index contributed by atoms with van der Waals surface area (Å²) >= 11 is 1.40. The lowest BCUT2D eigenvalue weighted by Crippen LogP contribution is -1.90. The summed E-state index contributed by atoms with van der Waals surface area (Å²) in [4.78, 5) is 0. The molecule has 2 aromatic rings. The lowest BCUT2D eigenvalue weighted by atomic mass is 10.1. The van der Waals surface area contributed by atoms with E-state index >= 15 is 0 Å². The molecule has 0 aliphatic carbocycles. The van der Waals surface area contributed by atoms with E-state index in [2.05, 4.69) is 10.2 Å². The molecule has 0 unspecified atom stereocenters. The molecule has 0 atom stereocenters. The summed E-state index contributed by atoms with van der Waals surface area (Å²) < 4.78 is 0. The van der Waals surface area contributed by atoms with Crippen LogP contribution in [-0.2, 0) is 6.42 Å². The van der Waals surface area contributed by atoms with Crippen molar-refractivity contribution in [2.45, 2.75) is 6.42 Å². The van der Waals surface area contributed by atoms with Crippen LogP contribution in [-0.4, -0.2) is 10.2 Å². The molecule has 4 N–H and O–H groups in total. The Labute approximate surface area is 85.6 Å². The second-order valence-corrected chi connectivity index (χ2v) is 4.05. The van der Waals surface area contributed by atoms with Gasteiger partial charge in [-0.15, -0.1) is 10.2 Å². The van der Waals surface area contributed by atoms with Crippen LogP contribution in [0.25, 0.3) is 0 Å². The summed E-state index contributed by atoms with van der Waals surface area (Å²) in [7, 11) is 0. The number of aromatic nitrogens is 2. The molecule has 1 aromatic heterocycles. The highest BCUT2D eigenvalue weighted by Gasteiger charge is 2.02. The van der Waals surface area contributed by atoms with Gasteiger partial charge < -0.3 is 11.5 Å². The topological polar surface area (TPSA) is 77.8 Å². The Hall–Kier alpha value is -1.62. The van der Waals surface area contributed by atoms with Gasteiger partial charge in [0.2, 0.25) is 5.13 Å². The van der Waals surface area contributed by atoms with E-state index in [9.17, 15) is 0 Å². The van der Waals surface area contributed by atoms with Crippen LogP contribution in [0.3, 0.4) is 0 Å². The third-order valence-corrected chi connectivity index (χ3v) is 2.54. The van der Waals surface area contributed by atoms with Crippen LogP contribution in [0, 0.1) is 0 Å². The third-order valence-electron chi connectivity index (χ3n) is 1.79. The van der Waals surface area contributed by atoms with Gasteiger partial charge in [-0.1, -0.05) is 23.5 Å². The minimum atomic E-state index is 0.504. The van der Waals surface area contributed by atoms with Crippen molar-refractivity contribution in [1.29, 1.82) is 0 Å². The van der Waals surface area contributed by atoms with Gasteiger partial charge in [-0.2, -0.15) is 0 Å². The summed E-state index contributed by atoms with van der Waals surface area (Å²) in [5, 5.41) is 9.11. The molecule has 0 saturated carbocycles. The zero-order valence-corrected chi connectivity index (χ0v) is 8.29. The third kappa shape index (κ3) is 2.00. The zero-order valence-electron chi connectivity index (χ0n) is 7.47. The molecule has 14 heavy (non-hydrogen) atoms. The number of nitrogens with two attached hydrogens (primary N) is 2. The molecule has 72 valence electrons. The molecule has 0 aliphatic heterocycles. The Morgan fingerprint density at radius 1 is 1.21 bits per heavy atom. The first-order chi connectivity index (χ1) is 6.74. The molecule has 1 heterocycles. The molecule has 0 radical (unpaired) electrons. The molecular formula is C9H10N4S. The van der Waals surface area contributed by atoms with Crippen LogP contribution >= 0.6 is 11.3 Å². The maximum atomic E-state index is 5.66. The Morgan fingerprint density at radius 3 is 2.71 bits per heavy atom. The lowest BCUT2D eigenvalue weighted by molar-refractivity contribution is 1.01. The van der Waals surface area contributed by atoms with Gasteiger partial charge in [0.1, 0.15) is 5.01 Å². The first-order valence-electron chi connectivity index (χ1n) is 4.16. The summed E-state index contributed by atoms with van der Waals surface area (Å²) in [5.41, 5.74) is 13.0. The zero-order chi connectivity index (χ0) is 9.97. The molecule has 0 spiro atoms. The number of hydrogen-bond acceptors (Lipinski definition) is 5. The molecule has 5 heteroatoms. The van der Waals surface area contributed by atoms with E-state index < -0.39 is 0 Å². The molecule has 0 aliphatic rings. The van der Waals surface area contributed by atoms with Crippen molar-refractivity contribution < 1.29 is 0 Å². The average molecular weight is 206 g/mol. The van der Waals surface area contributed by atoms with Crippen molar-refractivity contribution in [3.8, 4) is 0 Å². The standard InChI is InChI=1S/C9H10N4S/c10-7-3-1-2-6(4-7)5-8-12-13-9(11)14-8/h1-4H,5,10H2,(H2,11,13). The van der Waals surface area contributed by atoms with Crippen LogP contribution in [0.4, 0.5) is 10.8 Å². The number of anilines is 2. The number of nitrogens with zero attached hydrogens (tertiary/aromatic N) is 2. The summed E-state index contributed by atoms with van der Waals surface area (Å²) in [5.74, 6) is 0. The predicted octanol–water partition coefficient (Wildman–Crippen LogP) is 1.29. The van der Waals surface area contributed by atoms with Gasteiger partial charge in [0.25, 0.3) is 0 Å². The number of benzene rings is 1. The quantitative estimate of drug-likeness (QED) is 0.726.